The van der Waals surface area contributed by atoms with E-state index in [1.165, 1.54) is 11.1 Å². The van der Waals surface area contributed by atoms with Crippen LogP contribution >= 0.6 is 11.6 Å². The van der Waals surface area contributed by atoms with Crippen LogP contribution in [-0.4, -0.2) is 43.1 Å². The molecule has 7 rings (SSSR count). The number of ether oxygens (including phenoxy) is 1. The van der Waals surface area contributed by atoms with Gasteiger partial charge in [0.05, 0.1) is 24.1 Å². The van der Waals surface area contributed by atoms with Crippen LogP contribution in [0.5, 0.6) is 11.6 Å². The summed E-state index contributed by atoms with van der Waals surface area (Å²) in [5.74, 6) is 1.86. The molecule has 1 spiro atoms. The van der Waals surface area contributed by atoms with Gasteiger partial charge in [0.25, 0.3) is 0 Å². The number of aromatic nitrogens is 3. The average molecular weight is 691 g/mol. The molecule has 1 aliphatic heterocycles. The highest BCUT2D eigenvalue weighted by molar-refractivity contribution is 7.90. The largest absolute Gasteiger partial charge is 0.598 e. The summed E-state index contributed by atoms with van der Waals surface area (Å²) in [7, 11) is 0. The number of benzene rings is 3. The molecule has 5 aromatic rings. The molecule has 2 aliphatic rings. The number of pyridine rings is 1. The third kappa shape index (κ3) is 7.07. The van der Waals surface area contributed by atoms with E-state index in [-0.39, 0.29) is 21.2 Å². The molecule has 0 saturated carbocycles. The number of piperidine rings is 1. The van der Waals surface area contributed by atoms with Crippen LogP contribution in [0.15, 0.2) is 115 Å². The Labute approximate surface area is 296 Å². The lowest BCUT2D eigenvalue weighted by Crippen LogP contribution is -2.49. The van der Waals surface area contributed by atoms with Gasteiger partial charge in [-0.1, -0.05) is 96.5 Å². The van der Waals surface area contributed by atoms with Crippen molar-refractivity contribution >= 4 is 40.3 Å². The summed E-state index contributed by atoms with van der Waals surface area (Å²) in [6, 6.07) is 30.2. The third-order valence-corrected chi connectivity index (χ3v) is 11.3. The zero-order chi connectivity index (χ0) is 34.0. The predicted molar refractivity (Wildman–Crippen MR) is 197 cm³/mol. The summed E-state index contributed by atoms with van der Waals surface area (Å²) < 4.78 is 22.6. The molecule has 2 aromatic heterocycles. The van der Waals surface area contributed by atoms with Gasteiger partial charge in [-0.25, -0.2) is 19.9 Å². The highest BCUT2D eigenvalue weighted by Gasteiger charge is 2.50. The lowest BCUT2D eigenvalue weighted by atomic mass is 9.73. The molecule has 1 fully saturated rings. The van der Waals surface area contributed by atoms with E-state index in [1.807, 2.05) is 81.4 Å². The predicted octanol–water partition coefficient (Wildman–Crippen LogP) is 8.42. The Bertz CT molecular complexity index is 1890. The first kappa shape index (κ1) is 33.2. The molecule has 1 saturated heterocycles. The fraction of sp³-hybridized carbons (Fsp3) is 0.282. The minimum Gasteiger partial charge on any atom is -0.598 e. The standard InChI is InChI=1S/C39H39ClN6O2S/c1-38(2,3)49(47)45-36-30-17-11-10-16-29(30)24-39(36)19-22-46(23-20-39)32-25-43-33(26-42-32)48-31-18-21-41-37(34(31)40)44-35(27-12-6-4-7-13-27)28-14-8-5-9-15-28/h4-18,21,25-26,36,45H,19-20,22-24H2,1-3H3/t36-,49?/m1/s1. The molecular weight excluding hydrogens is 652 g/mol. The fourth-order valence-electron chi connectivity index (χ4n) is 6.71. The molecule has 49 heavy (non-hydrogen) atoms. The second kappa shape index (κ2) is 13.9. The maximum Gasteiger partial charge on any atom is 0.238 e. The topological polar surface area (TPSA) is 98.6 Å². The first-order valence-electron chi connectivity index (χ1n) is 16.5. The van der Waals surface area contributed by atoms with Crippen LogP contribution in [0, 0.1) is 5.41 Å². The summed E-state index contributed by atoms with van der Waals surface area (Å²) in [5, 5.41) is 0.284. The summed E-state index contributed by atoms with van der Waals surface area (Å²) in [6.45, 7) is 7.70. The van der Waals surface area contributed by atoms with Crippen LogP contribution in [0.1, 0.15) is 61.9 Å². The SMILES string of the molecule is CC(C)(C)[S+]([O-])N[C@@H]1c2ccccc2CC12CCN(c1cnc(Oc3ccnc(N=C(c4ccccc4)c4ccccc4)c3Cl)cn1)CC2. The molecule has 1 N–H and O–H groups in total. The van der Waals surface area contributed by atoms with E-state index in [1.54, 1.807) is 24.7 Å². The van der Waals surface area contributed by atoms with Crippen LogP contribution in [0.4, 0.5) is 11.6 Å². The van der Waals surface area contributed by atoms with Gasteiger partial charge >= 0.3 is 0 Å². The highest BCUT2D eigenvalue weighted by Crippen LogP contribution is 2.53. The van der Waals surface area contributed by atoms with Crippen molar-refractivity contribution in [1.29, 1.82) is 0 Å². The molecule has 0 bridgehead atoms. The van der Waals surface area contributed by atoms with Crippen LogP contribution in [0.3, 0.4) is 0 Å². The van der Waals surface area contributed by atoms with E-state index in [4.69, 9.17) is 26.3 Å². The molecule has 0 amide bonds. The lowest BCUT2D eigenvalue weighted by Gasteiger charge is -2.44. The maximum absolute atomic E-state index is 13.3. The van der Waals surface area contributed by atoms with Crippen molar-refractivity contribution in [3.63, 3.8) is 0 Å². The molecule has 1 aliphatic carbocycles. The first-order chi connectivity index (χ1) is 23.7. The number of rotatable bonds is 8. The molecule has 8 nitrogen and oxygen atoms in total. The Kier molecular flexibility index (Phi) is 9.44. The zero-order valence-electron chi connectivity index (χ0n) is 27.8. The summed E-state index contributed by atoms with van der Waals surface area (Å²) in [4.78, 5) is 20.9. The Morgan fingerprint density at radius 2 is 1.55 bits per heavy atom. The molecular formula is C39H39ClN6O2S. The van der Waals surface area contributed by atoms with Crippen molar-refractivity contribution in [2.45, 2.75) is 50.8 Å². The fourth-order valence-corrected chi connectivity index (χ4v) is 7.85. The van der Waals surface area contributed by atoms with Crippen molar-refractivity contribution in [3.05, 3.63) is 137 Å². The van der Waals surface area contributed by atoms with Crippen molar-refractivity contribution in [2.24, 2.45) is 10.4 Å². The van der Waals surface area contributed by atoms with Crippen molar-refractivity contribution in [2.75, 3.05) is 18.0 Å². The second-order valence-electron chi connectivity index (χ2n) is 13.6. The van der Waals surface area contributed by atoms with E-state index in [0.29, 0.717) is 17.4 Å². The smallest absolute Gasteiger partial charge is 0.238 e. The van der Waals surface area contributed by atoms with Gasteiger partial charge in [-0.05, 0) is 51.2 Å². The number of hydrogen-bond donors (Lipinski definition) is 1. The van der Waals surface area contributed by atoms with E-state index < -0.39 is 11.4 Å². The molecule has 10 heteroatoms. The van der Waals surface area contributed by atoms with Crippen LogP contribution in [-0.2, 0) is 17.8 Å². The maximum atomic E-state index is 13.3. The molecule has 3 heterocycles. The second-order valence-corrected chi connectivity index (χ2v) is 16.0. The normalized spacial score (nSPS) is 17.4. The number of anilines is 1. The van der Waals surface area contributed by atoms with E-state index in [2.05, 4.69) is 43.9 Å². The van der Waals surface area contributed by atoms with Gasteiger partial charge in [0.2, 0.25) is 5.88 Å². The van der Waals surface area contributed by atoms with Crippen LogP contribution in [0.25, 0.3) is 0 Å². The van der Waals surface area contributed by atoms with Gasteiger partial charge in [0.15, 0.2) is 11.6 Å². The first-order valence-corrected chi connectivity index (χ1v) is 18.1. The summed E-state index contributed by atoms with van der Waals surface area (Å²) in [5.41, 5.74) is 5.28. The number of nitrogens with one attached hydrogen (secondary N) is 1. The van der Waals surface area contributed by atoms with Gasteiger partial charge in [-0.3, -0.25) is 0 Å². The zero-order valence-corrected chi connectivity index (χ0v) is 29.4. The average Bonchev–Trinajstić information content (AvgIpc) is 3.41. The highest BCUT2D eigenvalue weighted by atomic mass is 35.5. The van der Waals surface area contributed by atoms with Gasteiger partial charge in [0, 0.05) is 53.3 Å². The lowest BCUT2D eigenvalue weighted by molar-refractivity contribution is 0.176. The molecule has 3 aromatic carbocycles. The van der Waals surface area contributed by atoms with Gasteiger partial charge < -0.3 is 14.2 Å². The number of fused-ring (bicyclic) bond motifs is 1. The van der Waals surface area contributed by atoms with Crippen LogP contribution in [0.2, 0.25) is 5.02 Å². The molecule has 1 unspecified atom stereocenters. The Balaban J connectivity index is 1.06. The summed E-state index contributed by atoms with van der Waals surface area (Å²) >= 11 is 5.65. The van der Waals surface area contributed by atoms with E-state index >= 15 is 0 Å². The van der Waals surface area contributed by atoms with Gasteiger partial charge in [0.1, 0.15) is 15.6 Å². The number of hydrogen-bond acceptors (Lipinski definition) is 8. The number of halogens is 1. The van der Waals surface area contributed by atoms with Crippen LogP contribution < -0.4 is 14.4 Å². The Hall–Kier alpha value is -4.28. The minimum atomic E-state index is -1.17. The van der Waals surface area contributed by atoms with Gasteiger partial charge in [-0.2, -0.15) is 0 Å². The van der Waals surface area contributed by atoms with E-state index in [0.717, 1.165) is 55.0 Å². The minimum absolute atomic E-state index is 0.00323. The molecule has 2 atom stereocenters. The van der Waals surface area contributed by atoms with Crippen molar-refractivity contribution in [3.8, 4) is 11.6 Å². The Morgan fingerprint density at radius 1 is 0.898 bits per heavy atom. The molecule has 250 valence electrons. The monoisotopic (exact) mass is 690 g/mol. The van der Waals surface area contributed by atoms with Crippen molar-refractivity contribution in [1.82, 2.24) is 19.7 Å². The number of nitrogens with zero attached hydrogens (tertiary/aromatic N) is 5. The molecule has 0 radical (unpaired) electrons. The van der Waals surface area contributed by atoms with Gasteiger partial charge in [-0.15, -0.1) is 4.72 Å². The Morgan fingerprint density at radius 3 is 2.18 bits per heavy atom. The third-order valence-electron chi connectivity index (χ3n) is 9.36. The van der Waals surface area contributed by atoms with E-state index in [9.17, 15) is 4.55 Å². The van der Waals surface area contributed by atoms with Crippen molar-refractivity contribution < 1.29 is 9.29 Å². The number of aliphatic imine (C=N–C) groups is 1. The quantitative estimate of drug-likeness (QED) is 0.129. The summed E-state index contributed by atoms with van der Waals surface area (Å²) in [6.07, 6.45) is 7.87.